The van der Waals surface area contributed by atoms with E-state index < -0.39 is 28.9 Å². The monoisotopic (exact) mass is 370 g/mol. The molecule has 0 saturated heterocycles. The van der Waals surface area contributed by atoms with E-state index in [9.17, 15) is 19.1 Å². The van der Waals surface area contributed by atoms with Crippen molar-refractivity contribution in [2.45, 2.75) is 18.9 Å². The normalized spacial score (nSPS) is 12.0. The van der Waals surface area contributed by atoms with Crippen molar-refractivity contribution in [2.24, 2.45) is 0 Å². The maximum absolute atomic E-state index is 13.4. The fourth-order valence-corrected chi connectivity index (χ4v) is 2.53. The van der Waals surface area contributed by atoms with E-state index in [4.69, 9.17) is 20.8 Å². The summed E-state index contributed by atoms with van der Waals surface area (Å²) in [6.07, 6.45) is -0.245. The molecule has 8 heteroatoms. The third kappa shape index (κ3) is 4.37. The lowest BCUT2D eigenvalue weighted by Crippen LogP contribution is -2.14. The number of halogens is 2. The minimum atomic E-state index is -0.893. The van der Waals surface area contributed by atoms with Crippen LogP contribution in [0.4, 0.5) is 4.39 Å². The van der Waals surface area contributed by atoms with Crippen LogP contribution in [-0.2, 0) is 20.9 Å². The minimum absolute atomic E-state index is 0.00234. The molecule has 2 aromatic rings. The van der Waals surface area contributed by atoms with Crippen LogP contribution in [0.15, 0.2) is 33.5 Å². The molecule has 1 heterocycles. The van der Waals surface area contributed by atoms with Crippen LogP contribution in [0, 0.1) is 5.82 Å². The van der Waals surface area contributed by atoms with Crippen molar-refractivity contribution in [1.82, 2.24) is 0 Å². The van der Waals surface area contributed by atoms with Crippen LogP contribution in [0.1, 0.15) is 29.4 Å². The summed E-state index contributed by atoms with van der Waals surface area (Å²) >= 11 is 5.80. The number of carbonyl (C=O) groups is 1. The lowest BCUT2D eigenvalue weighted by atomic mass is 9.92. The van der Waals surface area contributed by atoms with Crippen molar-refractivity contribution < 1.29 is 28.2 Å². The fraction of sp³-hybridized carbons (Fsp3) is 0.294. The van der Waals surface area contributed by atoms with Crippen LogP contribution in [0.2, 0.25) is 5.02 Å². The first-order chi connectivity index (χ1) is 11.9. The number of esters is 1. The van der Waals surface area contributed by atoms with E-state index in [2.05, 4.69) is 4.74 Å². The number of carbonyl (C=O) groups excluding carboxylic acids is 1. The molecule has 1 aromatic heterocycles. The van der Waals surface area contributed by atoms with E-state index in [1.54, 1.807) is 0 Å². The fourth-order valence-electron chi connectivity index (χ4n) is 2.35. The standard InChI is InChI=1S/C17H16ClFO6/c1-23-8-10-6-14(20)16(22)17(25-10)11(7-15(21)24-2)9-3-4-13(19)12(18)5-9/h3-6,11,22H,7-8H2,1-2H3. The van der Waals surface area contributed by atoms with E-state index in [0.717, 1.165) is 12.1 Å². The molecule has 1 N–H and O–H groups in total. The summed E-state index contributed by atoms with van der Waals surface area (Å²) in [5.74, 6) is -2.76. The molecule has 0 fully saturated rings. The molecule has 0 bridgehead atoms. The first-order valence-electron chi connectivity index (χ1n) is 7.24. The molecule has 1 aromatic carbocycles. The van der Waals surface area contributed by atoms with Gasteiger partial charge in [0.1, 0.15) is 18.2 Å². The van der Waals surface area contributed by atoms with Gasteiger partial charge < -0.3 is 19.0 Å². The van der Waals surface area contributed by atoms with Gasteiger partial charge in [0.05, 0.1) is 24.5 Å². The second-order valence-electron chi connectivity index (χ2n) is 5.23. The Morgan fingerprint density at radius 3 is 2.68 bits per heavy atom. The van der Waals surface area contributed by atoms with Gasteiger partial charge in [0.2, 0.25) is 11.2 Å². The summed E-state index contributed by atoms with van der Waals surface area (Å²) in [6, 6.07) is 4.90. The Kier molecular flexibility index (Phi) is 6.17. The molecule has 0 aliphatic carbocycles. The number of hydrogen-bond acceptors (Lipinski definition) is 6. The molecule has 1 atom stereocenters. The smallest absolute Gasteiger partial charge is 0.306 e. The summed E-state index contributed by atoms with van der Waals surface area (Å²) in [4.78, 5) is 23.8. The Hall–Kier alpha value is -2.38. The van der Waals surface area contributed by atoms with Gasteiger partial charge in [-0.3, -0.25) is 9.59 Å². The van der Waals surface area contributed by atoms with Gasteiger partial charge >= 0.3 is 5.97 Å². The van der Waals surface area contributed by atoms with Crippen LogP contribution in [0.5, 0.6) is 5.75 Å². The molecule has 2 rings (SSSR count). The highest BCUT2D eigenvalue weighted by Gasteiger charge is 2.27. The number of hydrogen-bond donors (Lipinski definition) is 1. The van der Waals surface area contributed by atoms with E-state index in [-0.39, 0.29) is 29.6 Å². The van der Waals surface area contributed by atoms with Gasteiger partial charge in [0.15, 0.2) is 5.76 Å². The first kappa shape index (κ1) is 19.0. The second kappa shape index (κ2) is 8.13. The van der Waals surface area contributed by atoms with Gasteiger partial charge in [-0.15, -0.1) is 0 Å². The van der Waals surface area contributed by atoms with Gasteiger partial charge in [-0.2, -0.15) is 0 Å². The summed E-state index contributed by atoms with van der Waals surface area (Å²) in [5.41, 5.74) is -0.304. The lowest BCUT2D eigenvalue weighted by molar-refractivity contribution is -0.140. The highest BCUT2D eigenvalue weighted by atomic mass is 35.5. The van der Waals surface area contributed by atoms with Crippen LogP contribution in [0.3, 0.4) is 0 Å². The Labute approximate surface area is 147 Å². The highest BCUT2D eigenvalue weighted by molar-refractivity contribution is 6.30. The molecule has 6 nitrogen and oxygen atoms in total. The molecule has 0 saturated carbocycles. The zero-order valence-electron chi connectivity index (χ0n) is 13.5. The van der Waals surface area contributed by atoms with Crippen LogP contribution < -0.4 is 5.43 Å². The molecule has 0 aliphatic rings. The summed E-state index contributed by atoms with van der Waals surface area (Å²) in [5, 5.41) is 9.96. The minimum Gasteiger partial charge on any atom is -0.502 e. The van der Waals surface area contributed by atoms with Crippen LogP contribution in [-0.4, -0.2) is 25.3 Å². The Morgan fingerprint density at radius 2 is 2.08 bits per heavy atom. The Bertz CT molecular complexity index is 832. The van der Waals surface area contributed by atoms with E-state index >= 15 is 0 Å². The molecule has 0 spiro atoms. The lowest BCUT2D eigenvalue weighted by Gasteiger charge is -2.17. The first-order valence-corrected chi connectivity index (χ1v) is 7.61. The molecule has 134 valence electrons. The number of aromatic hydroxyl groups is 1. The predicted octanol–water partition coefficient (Wildman–Crippen LogP) is 2.98. The summed E-state index contributed by atoms with van der Waals surface area (Å²) in [7, 11) is 2.62. The largest absolute Gasteiger partial charge is 0.502 e. The number of ether oxygens (including phenoxy) is 2. The molecule has 1 unspecified atom stereocenters. The highest BCUT2D eigenvalue weighted by Crippen LogP contribution is 2.35. The van der Waals surface area contributed by atoms with Gasteiger partial charge in [0.25, 0.3) is 0 Å². The van der Waals surface area contributed by atoms with E-state index in [1.165, 1.54) is 26.4 Å². The van der Waals surface area contributed by atoms with Crippen molar-refractivity contribution in [1.29, 1.82) is 0 Å². The van der Waals surface area contributed by atoms with Crippen molar-refractivity contribution >= 4 is 17.6 Å². The number of rotatable bonds is 6. The van der Waals surface area contributed by atoms with Gasteiger partial charge in [-0.1, -0.05) is 17.7 Å². The molecule has 0 radical (unpaired) electrons. The SMILES string of the molecule is COCc1cc(=O)c(O)c(C(CC(=O)OC)c2ccc(F)c(Cl)c2)o1. The summed E-state index contributed by atoms with van der Waals surface area (Å²) < 4.78 is 28.6. The Balaban J connectivity index is 2.61. The zero-order valence-corrected chi connectivity index (χ0v) is 14.3. The molecule has 0 amide bonds. The Morgan fingerprint density at radius 1 is 1.36 bits per heavy atom. The molecular weight excluding hydrogens is 355 g/mol. The van der Waals surface area contributed by atoms with Crippen molar-refractivity contribution in [3.63, 3.8) is 0 Å². The van der Waals surface area contributed by atoms with Gasteiger partial charge in [0, 0.05) is 13.2 Å². The molecular formula is C17H16ClFO6. The average molecular weight is 371 g/mol. The van der Waals surface area contributed by atoms with Gasteiger partial charge in [-0.25, -0.2) is 4.39 Å². The number of benzene rings is 1. The number of methoxy groups -OCH3 is 2. The van der Waals surface area contributed by atoms with Crippen molar-refractivity contribution in [3.05, 3.63) is 62.4 Å². The predicted molar refractivity (Wildman–Crippen MR) is 87.2 cm³/mol. The molecule has 0 aliphatic heterocycles. The zero-order chi connectivity index (χ0) is 18.6. The average Bonchev–Trinajstić information content (AvgIpc) is 2.58. The summed E-state index contributed by atoms with van der Waals surface area (Å²) in [6.45, 7) is -0.00234. The topological polar surface area (TPSA) is 86.0 Å². The van der Waals surface area contributed by atoms with Crippen molar-refractivity contribution in [2.75, 3.05) is 14.2 Å². The quantitative estimate of drug-likeness (QED) is 0.787. The van der Waals surface area contributed by atoms with Crippen molar-refractivity contribution in [3.8, 4) is 5.75 Å². The van der Waals surface area contributed by atoms with E-state index in [0.29, 0.717) is 5.56 Å². The third-order valence-electron chi connectivity index (χ3n) is 3.55. The second-order valence-corrected chi connectivity index (χ2v) is 5.64. The van der Waals surface area contributed by atoms with Crippen LogP contribution >= 0.6 is 11.6 Å². The maximum Gasteiger partial charge on any atom is 0.306 e. The maximum atomic E-state index is 13.4. The third-order valence-corrected chi connectivity index (χ3v) is 3.84. The molecule has 25 heavy (non-hydrogen) atoms. The van der Waals surface area contributed by atoms with Crippen LogP contribution in [0.25, 0.3) is 0 Å². The van der Waals surface area contributed by atoms with Gasteiger partial charge in [-0.05, 0) is 17.7 Å². The van der Waals surface area contributed by atoms with E-state index in [1.807, 2.05) is 0 Å².